The average molecular weight is 275 g/mol. The minimum Gasteiger partial charge on any atom is -0.342 e. The number of carbonyl (C=O) groups excluding carboxylic acids is 1. The molecule has 0 N–H and O–H groups in total. The first kappa shape index (κ1) is 14.2. The maximum absolute atomic E-state index is 13.1. The number of rotatable bonds is 1. The molecule has 1 amide bonds. The van der Waals surface area contributed by atoms with Crippen molar-refractivity contribution >= 4 is 5.91 Å². The number of allylic oxidation sites excluding steroid dienone is 1. The lowest BCUT2D eigenvalue weighted by Gasteiger charge is -2.43. The van der Waals surface area contributed by atoms with Crippen molar-refractivity contribution in [3.8, 4) is 0 Å². The van der Waals surface area contributed by atoms with Crippen LogP contribution < -0.4 is 0 Å². The van der Waals surface area contributed by atoms with Crippen LogP contribution in [0.25, 0.3) is 0 Å². The summed E-state index contributed by atoms with van der Waals surface area (Å²) in [7, 11) is 0. The Morgan fingerprint density at radius 1 is 1.30 bits per heavy atom. The molecule has 2 nitrogen and oxygen atoms in total. The van der Waals surface area contributed by atoms with E-state index >= 15 is 0 Å². The lowest BCUT2D eigenvalue weighted by molar-refractivity contribution is -0.141. The van der Waals surface area contributed by atoms with Gasteiger partial charge in [-0.25, -0.2) is 0 Å². The first-order valence-corrected chi connectivity index (χ1v) is 8.46. The Bertz CT molecular complexity index is 419. The highest BCUT2D eigenvalue weighted by Gasteiger charge is 2.41. The maximum atomic E-state index is 13.1. The quantitative estimate of drug-likeness (QED) is 0.662. The van der Waals surface area contributed by atoms with Crippen LogP contribution in [0.1, 0.15) is 59.3 Å². The van der Waals surface area contributed by atoms with Crippen LogP contribution >= 0.6 is 0 Å². The van der Waals surface area contributed by atoms with Crippen molar-refractivity contribution in [3.63, 3.8) is 0 Å². The van der Waals surface area contributed by atoms with Gasteiger partial charge < -0.3 is 4.90 Å². The highest BCUT2D eigenvalue weighted by Crippen LogP contribution is 2.46. The van der Waals surface area contributed by atoms with Crippen molar-refractivity contribution in [2.24, 2.45) is 23.2 Å². The van der Waals surface area contributed by atoms with E-state index in [0.29, 0.717) is 17.7 Å². The first-order chi connectivity index (χ1) is 9.46. The molecule has 1 aliphatic heterocycles. The van der Waals surface area contributed by atoms with Gasteiger partial charge in [-0.3, -0.25) is 4.79 Å². The Morgan fingerprint density at radius 3 is 2.75 bits per heavy atom. The fraction of sp³-hybridized carbons (Fsp3) is 0.833. The molecule has 0 aromatic heterocycles. The lowest BCUT2D eigenvalue weighted by Crippen LogP contribution is -2.47. The number of likely N-dealkylation sites (tertiary alicyclic amines) is 1. The van der Waals surface area contributed by atoms with Gasteiger partial charge in [0, 0.05) is 13.1 Å². The zero-order chi connectivity index (χ0) is 14.3. The summed E-state index contributed by atoms with van der Waals surface area (Å²) in [5.41, 5.74) is 1.31. The van der Waals surface area contributed by atoms with Crippen molar-refractivity contribution < 1.29 is 4.79 Å². The van der Waals surface area contributed by atoms with Crippen molar-refractivity contribution in [3.05, 3.63) is 11.6 Å². The van der Waals surface area contributed by atoms with Gasteiger partial charge in [0.15, 0.2) is 0 Å². The van der Waals surface area contributed by atoms with Crippen molar-refractivity contribution in [2.45, 2.75) is 59.3 Å². The molecule has 3 unspecified atom stereocenters. The standard InChI is InChI=1S/C18H29NO/c1-13-5-4-6-19(12-13)17(20)18(3)10-14(2)7-15-8-16(9-15)11-18/h11,13-15H,4-10,12H2,1-3H3. The predicted molar refractivity (Wildman–Crippen MR) is 82.3 cm³/mol. The Kier molecular flexibility index (Phi) is 3.68. The monoisotopic (exact) mass is 275 g/mol. The van der Waals surface area contributed by atoms with E-state index in [1.807, 2.05) is 0 Å². The van der Waals surface area contributed by atoms with Crippen LogP contribution in [0.15, 0.2) is 11.6 Å². The van der Waals surface area contributed by atoms with Gasteiger partial charge in [0.25, 0.3) is 0 Å². The molecule has 2 bridgehead atoms. The molecule has 0 aromatic carbocycles. The molecule has 4 rings (SSSR count). The molecule has 3 aliphatic carbocycles. The van der Waals surface area contributed by atoms with Crippen LogP contribution in [0.3, 0.4) is 0 Å². The van der Waals surface area contributed by atoms with Gasteiger partial charge in [0.1, 0.15) is 0 Å². The smallest absolute Gasteiger partial charge is 0.232 e. The molecule has 4 aliphatic rings. The molecule has 2 fully saturated rings. The molecule has 20 heavy (non-hydrogen) atoms. The summed E-state index contributed by atoms with van der Waals surface area (Å²) in [5, 5.41) is 0. The van der Waals surface area contributed by atoms with Gasteiger partial charge >= 0.3 is 0 Å². The Morgan fingerprint density at radius 2 is 2.05 bits per heavy atom. The van der Waals surface area contributed by atoms with Gasteiger partial charge in [-0.05, 0) is 63.2 Å². The second-order valence-corrected chi connectivity index (χ2v) is 8.04. The third-order valence-electron chi connectivity index (χ3n) is 5.57. The molecule has 1 saturated carbocycles. The van der Waals surface area contributed by atoms with Crippen LogP contribution in [-0.2, 0) is 4.79 Å². The zero-order valence-electron chi connectivity index (χ0n) is 13.3. The third kappa shape index (κ3) is 2.66. The minimum absolute atomic E-state index is 0.239. The zero-order valence-corrected chi connectivity index (χ0v) is 13.3. The van der Waals surface area contributed by atoms with E-state index in [2.05, 4.69) is 31.7 Å². The molecule has 3 atom stereocenters. The number of piperidine rings is 1. The number of fused-ring (bicyclic) bond motifs is 4. The predicted octanol–water partition coefficient (Wildman–Crippen LogP) is 4.02. The first-order valence-electron chi connectivity index (χ1n) is 8.46. The van der Waals surface area contributed by atoms with E-state index in [9.17, 15) is 4.79 Å². The molecule has 112 valence electrons. The summed E-state index contributed by atoms with van der Waals surface area (Å²) < 4.78 is 0. The average Bonchev–Trinajstić information content (AvgIpc) is 2.32. The molecular weight excluding hydrogens is 246 g/mol. The van der Waals surface area contributed by atoms with Gasteiger partial charge in [-0.15, -0.1) is 0 Å². The maximum Gasteiger partial charge on any atom is 0.232 e. The number of hydrogen-bond donors (Lipinski definition) is 0. The largest absolute Gasteiger partial charge is 0.342 e. The van der Waals surface area contributed by atoms with Gasteiger partial charge in [0.2, 0.25) is 5.91 Å². The topological polar surface area (TPSA) is 20.3 Å². The summed E-state index contributed by atoms with van der Waals surface area (Å²) in [6, 6.07) is 0. The third-order valence-corrected chi connectivity index (χ3v) is 5.57. The molecule has 2 heteroatoms. The minimum atomic E-state index is -0.239. The van der Waals surface area contributed by atoms with E-state index in [4.69, 9.17) is 0 Å². The second-order valence-electron chi connectivity index (χ2n) is 8.04. The van der Waals surface area contributed by atoms with Crippen molar-refractivity contribution in [1.82, 2.24) is 4.90 Å². The van der Waals surface area contributed by atoms with Gasteiger partial charge in [-0.2, -0.15) is 0 Å². The Labute approximate surface area is 123 Å². The summed E-state index contributed by atoms with van der Waals surface area (Å²) in [6.07, 6.45) is 9.66. The normalized spacial score (nSPS) is 41.2. The molecule has 0 spiro atoms. The van der Waals surface area contributed by atoms with Crippen molar-refractivity contribution in [1.29, 1.82) is 0 Å². The van der Waals surface area contributed by atoms with Crippen molar-refractivity contribution in [2.75, 3.05) is 13.1 Å². The van der Waals surface area contributed by atoms with E-state index in [-0.39, 0.29) is 5.41 Å². The molecule has 0 radical (unpaired) electrons. The summed E-state index contributed by atoms with van der Waals surface area (Å²) in [4.78, 5) is 15.2. The second kappa shape index (κ2) is 5.20. The van der Waals surface area contributed by atoms with Crippen LogP contribution in [0.4, 0.5) is 0 Å². The van der Waals surface area contributed by atoms with E-state index < -0.39 is 0 Å². The number of carbonyl (C=O) groups is 1. The van der Waals surface area contributed by atoms with E-state index in [1.54, 1.807) is 5.57 Å². The Balaban J connectivity index is 1.79. The summed E-state index contributed by atoms with van der Waals surface area (Å²) in [5.74, 6) is 2.65. The lowest BCUT2D eigenvalue weighted by atomic mass is 9.65. The molecule has 0 aromatic rings. The summed E-state index contributed by atoms with van der Waals surface area (Å²) in [6.45, 7) is 8.74. The van der Waals surface area contributed by atoms with E-state index in [1.165, 1.54) is 32.1 Å². The number of amides is 1. The van der Waals surface area contributed by atoms with E-state index in [0.717, 1.165) is 25.4 Å². The van der Waals surface area contributed by atoms with Gasteiger partial charge in [-0.1, -0.05) is 25.5 Å². The van der Waals surface area contributed by atoms with Crippen LogP contribution in [0.2, 0.25) is 0 Å². The Hall–Kier alpha value is -0.790. The molecule has 1 heterocycles. The van der Waals surface area contributed by atoms with Crippen LogP contribution in [0.5, 0.6) is 0 Å². The number of nitrogens with zero attached hydrogens (tertiary/aromatic N) is 1. The fourth-order valence-electron chi connectivity index (χ4n) is 4.74. The van der Waals surface area contributed by atoms with Gasteiger partial charge in [0.05, 0.1) is 5.41 Å². The highest BCUT2D eigenvalue weighted by molar-refractivity contribution is 5.84. The highest BCUT2D eigenvalue weighted by atomic mass is 16.2. The van der Waals surface area contributed by atoms with Crippen LogP contribution in [-0.4, -0.2) is 23.9 Å². The fourth-order valence-corrected chi connectivity index (χ4v) is 4.74. The molecular formula is C18H29NO. The summed E-state index contributed by atoms with van der Waals surface area (Å²) >= 11 is 0. The van der Waals surface area contributed by atoms with Crippen LogP contribution in [0, 0.1) is 23.2 Å². The SMILES string of the molecule is CC1CCCN(C(=O)C2(C)C=C3CC(C3)CC(C)C2)C1. The molecule has 1 saturated heterocycles. The number of hydrogen-bond acceptors (Lipinski definition) is 1.